The molecule has 1 atom stereocenters. The summed E-state index contributed by atoms with van der Waals surface area (Å²) in [4.78, 5) is 25.2. The van der Waals surface area contributed by atoms with E-state index in [4.69, 9.17) is 23.8 Å². The van der Waals surface area contributed by atoms with Crippen LogP contribution in [0.5, 0.6) is 0 Å². The van der Waals surface area contributed by atoms with Gasteiger partial charge in [-0.25, -0.2) is 4.79 Å². The number of ether oxygens (including phenoxy) is 2. The van der Waals surface area contributed by atoms with E-state index in [9.17, 15) is 18.0 Å². The van der Waals surface area contributed by atoms with Crippen LogP contribution >= 0.6 is 11.3 Å². The molecular weight excluding hydrogens is 441 g/mol. The molecule has 2 aromatic rings. The fourth-order valence-corrected chi connectivity index (χ4v) is 3.96. The van der Waals surface area contributed by atoms with Gasteiger partial charge >= 0.3 is 12.1 Å². The quantitative estimate of drug-likeness (QED) is 0.750. The molecule has 1 amide bonds. The number of carbonyl (C=O) groups excluding carboxylic acids is 1. The number of furan rings is 1. The zero-order valence-electron chi connectivity index (χ0n) is 16.3. The number of alkyl halides is 3. The van der Waals surface area contributed by atoms with E-state index in [1.807, 2.05) is 0 Å². The number of anilines is 1. The third-order valence-electron chi connectivity index (χ3n) is 4.72. The number of carboxylic acids is 1. The van der Waals surface area contributed by atoms with Gasteiger partial charge in [0, 0.05) is 25.7 Å². The van der Waals surface area contributed by atoms with Gasteiger partial charge in [-0.1, -0.05) is 0 Å². The van der Waals surface area contributed by atoms with Crippen LogP contribution in [0.15, 0.2) is 39.8 Å². The molecule has 0 bridgehead atoms. The van der Waals surface area contributed by atoms with Crippen LogP contribution in [0.2, 0.25) is 0 Å². The predicted molar refractivity (Wildman–Crippen MR) is 104 cm³/mol. The van der Waals surface area contributed by atoms with Crippen molar-refractivity contribution in [2.45, 2.75) is 18.3 Å². The number of aliphatic carboxylic acids is 1. The summed E-state index contributed by atoms with van der Waals surface area (Å²) in [6, 6.07) is 3.95. The first-order valence-corrected chi connectivity index (χ1v) is 10.2. The maximum atomic E-state index is 12.2. The Morgan fingerprint density at radius 3 is 2.68 bits per heavy atom. The minimum Gasteiger partial charge on any atom is -0.475 e. The van der Waals surface area contributed by atoms with E-state index < -0.39 is 17.7 Å². The number of halogens is 3. The standard InChI is InChI=1S/C17H20N2O4S.C2HF3O2/c20-16-9-23-17(12-19(16)15-1-4-21-8-15)11-18(3-5-22-13-17)7-14-2-6-24-10-14;3-2(4,5)1(6)7/h1-2,4,6,8,10H,3,5,7,9,11-13H2;(H,6,7). The summed E-state index contributed by atoms with van der Waals surface area (Å²) in [5.41, 5.74) is 1.57. The third-order valence-corrected chi connectivity index (χ3v) is 5.46. The fraction of sp³-hybridized carbons (Fsp3) is 0.474. The zero-order valence-corrected chi connectivity index (χ0v) is 17.2. The van der Waals surface area contributed by atoms with E-state index in [1.165, 1.54) is 5.56 Å². The average Bonchev–Trinajstić information content (AvgIpc) is 3.38. The van der Waals surface area contributed by atoms with Crippen molar-refractivity contribution >= 4 is 28.9 Å². The maximum absolute atomic E-state index is 12.2. The Balaban J connectivity index is 0.000000339. The lowest BCUT2D eigenvalue weighted by Gasteiger charge is -2.42. The van der Waals surface area contributed by atoms with Crippen molar-refractivity contribution in [1.82, 2.24) is 4.90 Å². The van der Waals surface area contributed by atoms with Crippen LogP contribution in [0.25, 0.3) is 0 Å². The molecule has 0 aromatic carbocycles. The summed E-state index contributed by atoms with van der Waals surface area (Å²) in [5, 5.41) is 11.4. The average molecular weight is 462 g/mol. The molecule has 2 aliphatic heterocycles. The highest BCUT2D eigenvalue weighted by Crippen LogP contribution is 2.28. The molecule has 2 aromatic heterocycles. The van der Waals surface area contributed by atoms with Gasteiger partial charge in [0.15, 0.2) is 0 Å². The van der Waals surface area contributed by atoms with Gasteiger partial charge in [0.05, 0.1) is 31.7 Å². The predicted octanol–water partition coefficient (Wildman–Crippen LogP) is 2.61. The first-order valence-electron chi connectivity index (χ1n) is 9.26. The number of carbonyl (C=O) groups is 2. The van der Waals surface area contributed by atoms with Gasteiger partial charge in [-0.05, 0) is 22.4 Å². The number of rotatable bonds is 3. The highest BCUT2D eigenvalue weighted by molar-refractivity contribution is 7.07. The molecule has 12 heteroatoms. The number of thiophene rings is 1. The van der Waals surface area contributed by atoms with Crippen LogP contribution in [-0.4, -0.2) is 73.1 Å². The van der Waals surface area contributed by atoms with Crippen LogP contribution in [0.4, 0.5) is 18.9 Å². The number of hydrogen-bond donors (Lipinski definition) is 1. The van der Waals surface area contributed by atoms with Crippen molar-refractivity contribution < 1.29 is 41.8 Å². The number of amides is 1. The Bertz CT molecular complexity index is 859. The second kappa shape index (κ2) is 9.81. The van der Waals surface area contributed by atoms with Gasteiger partial charge < -0.3 is 23.9 Å². The molecule has 2 saturated heterocycles. The summed E-state index contributed by atoms with van der Waals surface area (Å²) >= 11 is 1.71. The normalized spacial score (nSPS) is 22.7. The van der Waals surface area contributed by atoms with Gasteiger partial charge in [-0.15, -0.1) is 0 Å². The number of morpholine rings is 1. The first kappa shape index (κ1) is 23.3. The van der Waals surface area contributed by atoms with Gasteiger partial charge in [0.25, 0.3) is 5.91 Å². The van der Waals surface area contributed by atoms with Crippen LogP contribution in [-0.2, 0) is 25.6 Å². The van der Waals surface area contributed by atoms with Crippen molar-refractivity contribution in [1.29, 1.82) is 0 Å². The van der Waals surface area contributed by atoms with Crippen molar-refractivity contribution in [2.75, 3.05) is 44.4 Å². The molecule has 0 aliphatic carbocycles. The molecule has 8 nitrogen and oxygen atoms in total. The van der Waals surface area contributed by atoms with E-state index in [0.29, 0.717) is 19.8 Å². The summed E-state index contributed by atoms with van der Waals surface area (Å²) in [7, 11) is 0. The zero-order chi connectivity index (χ0) is 22.5. The molecule has 2 aliphatic rings. The van der Waals surface area contributed by atoms with Crippen LogP contribution in [0.1, 0.15) is 5.56 Å². The SMILES string of the molecule is O=C(O)C(F)(F)F.O=C1COC2(COCCN(Cc3ccsc3)C2)CN1c1ccoc1. The van der Waals surface area contributed by atoms with E-state index in [2.05, 4.69) is 21.7 Å². The minimum absolute atomic E-state index is 0.0457. The van der Waals surface area contributed by atoms with Gasteiger partial charge in [-0.3, -0.25) is 9.69 Å². The van der Waals surface area contributed by atoms with Crippen molar-refractivity contribution in [3.63, 3.8) is 0 Å². The summed E-state index contributed by atoms with van der Waals surface area (Å²) in [6.07, 6.45) is -1.91. The van der Waals surface area contributed by atoms with Crippen molar-refractivity contribution in [2.24, 2.45) is 0 Å². The third kappa shape index (κ3) is 6.29. The lowest BCUT2D eigenvalue weighted by atomic mass is 10.0. The fourth-order valence-electron chi connectivity index (χ4n) is 3.30. The number of hydrogen-bond acceptors (Lipinski definition) is 7. The van der Waals surface area contributed by atoms with Crippen LogP contribution in [0.3, 0.4) is 0 Å². The molecule has 2 fully saturated rings. The molecule has 31 heavy (non-hydrogen) atoms. The summed E-state index contributed by atoms with van der Waals surface area (Å²) in [6.45, 7) is 4.19. The van der Waals surface area contributed by atoms with Crippen molar-refractivity contribution in [3.8, 4) is 0 Å². The van der Waals surface area contributed by atoms with E-state index in [0.717, 1.165) is 25.3 Å². The van der Waals surface area contributed by atoms with Gasteiger partial charge in [-0.2, -0.15) is 24.5 Å². The second-order valence-corrected chi connectivity index (χ2v) is 7.91. The molecule has 1 unspecified atom stereocenters. The maximum Gasteiger partial charge on any atom is 0.490 e. The molecule has 0 saturated carbocycles. The molecule has 0 radical (unpaired) electrons. The Morgan fingerprint density at radius 2 is 2.06 bits per heavy atom. The summed E-state index contributed by atoms with van der Waals surface area (Å²) in [5.74, 6) is -2.80. The Hall–Kier alpha value is -2.41. The number of nitrogens with zero attached hydrogens (tertiary/aromatic N) is 2. The monoisotopic (exact) mass is 462 g/mol. The smallest absolute Gasteiger partial charge is 0.475 e. The first-order chi connectivity index (χ1) is 14.7. The number of carboxylic acid groups (broad SMARTS) is 1. The summed E-state index contributed by atoms with van der Waals surface area (Å²) < 4.78 is 48.7. The van der Waals surface area contributed by atoms with Gasteiger partial charge in [0.2, 0.25) is 0 Å². The van der Waals surface area contributed by atoms with Gasteiger partial charge in [0.1, 0.15) is 18.5 Å². The van der Waals surface area contributed by atoms with E-state index in [1.54, 1.807) is 34.8 Å². The Kier molecular flexibility index (Phi) is 7.36. The highest BCUT2D eigenvalue weighted by Gasteiger charge is 2.43. The molecule has 4 heterocycles. The molecule has 170 valence electrons. The topological polar surface area (TPSA) is 92.4 Å². The molecular formula is C19H21F3N2O6S. The second-order valence-electron chi connectivity index (χ2n) is 7.13. The van der Waals surface area contributed by atoms with Crippen molar-refractivity contribution in [3.05, 3.63) is 41.0 Å². The molecule has 1 spiro atoms. The Morgan fingerprint density at radius 1 is 1.29 bits per heavy atom. The lowest BCUT2D eigenvalue weighted by Crippen LogP contribution is -2.60. The molecule has 1 N–H and O–H groups in total. The highest BCUT2D eigenvalue weighted by atomic mass is 32.1. The Labute approximate surface area is 179 Å². The van der Waals surface area contributed by atoms with E-state index >= 15 is 0 Å². The largest absolute Gasteiger partial charge is 0.490 e. The minimum atomic E-state index is -5.08. The molecule has 4 rings (SSSR count). The van der Waals surface area contributed by atoms with E-state index in [-0.39, 0.29) is 12.5 Å². The lowest BCUT2D eigenvalue weighted by molar-refractivity contribution is -0.192. The van der Waals surface area contributed by atoms with Crippen LogP contribution in [0, 0.1) is 0 Å². The van der Waals surface area contributed by atoms with Crippen LogP contribution < -0.4 is 4.90 Å².